The maximum atomic E-state index is 5.92. The highest BCUT2D eigenvalue weighted by molar-refractivity contribution is 5.50. The predicted molar refractivity (Wildman–Crippen MR) is 63.1 cm³/mol. The van der Waals surface area contributed by atoms with Crippen LogP contribution in [0, 0.1) is 0 Å². The monoisotopic (exact) mass is 235 g/mol. The zero-order valence-corrected chi connectivity index (χ0v) is 10.1. The third kappa shape index (κ3) is 2.91. The van der Waals surface area contributed by atoms with Crippen molar-refractivity contribution in [2.24, 2.45) is 12.8 Å². The van der Waals surface area contributed by atoms with E-state index in [0.717, 1.165) is 18.4 Å². The lowest BCUT2D eigenvalue weighted by Gasteiger charge is -2.05. The predicted octanol–water partition coefficient (Wildman–Crippen LogP) is 1.14. The van der Waals surface area contributed by atoms with Gasteiger partial charge in [0, 0.05) is 25.7 Å². The summed E-state index contributed by atoms with van der Waals surface area (Å²) in [7, 11) is 1.85. The molecule has 17 heavy (non-hydrogen) atoms. The molecule has 6 nitrogen and oxygen atoms in total. The van der Waals surface area contributed by atoms with Crippen LogP contribution in [0.25, 0.3) is 11.4 Å². The van der Waals surface area contributed by atoms with E-state index >= 15 is 0 Å². The van der Waals surface area contributed by atoms with Gasteiger partial charge in [0.2, 0.25) is 11.7 Å². The molecule has 1 unspecified atom stereocenters. The Kier molecular flexibility index (Phi) is 3.53. The minimum absolute atomic E-state index is 0.0854. The number of hydrogen-bond donors (Lipinski definition) is 1. The van der Waals surface area contributed by atoms with Gasteiger partial charge in [0.05, 0.1) is 11.8 Å². The number of nitrogens with two attached hydrogens (primary N) is 1. The van der Waals surface area contributed by atoms with E-state index in [2.05, 4.69) is 22.2 Å². The first kappa shape index (κ1) is 11.8. The van der Waals surface area contributed by atoms with Gasteiger partial charge in [0.1, 0.15) is 0 Å². The number of aromatic nitrogens is 4. The van der Waals surface area contributed by atoms with Crippen molar-refractivity contribution < 1.29 is 4.52 Å². The first-order valence-corrected chi connectivity index (χ1v) is 5.76. The minimum Gasteiger partial charge on any atom is -0.339 e. The van der Waals surface area contributed by atoms with Crippen molar-refractivity contribution in [1.82, 2.24) is 19.9 Å². The maximum Gasteiger partial charge on any atom is 0.228 e. The Morgan fingerprint density at radius 2 is 2.35 bits per heavy atom. The highest BCUT2D eigenvalue weighted by Gasteiger charge is 2.12. The van der Waals surface area contributed by atoms with Crippen molar-refractivity contribution in [1.29, 1.82) is 0 Å². The van der Waals surface area contributed by atoms with Crippen LogP contribution in [-0.4, -0.2) is 26.0 Å². The molecule has 0 bridgehead atoms. The summed E-state index contributed by atoms with van der Waals surface area (Å²) in [6, 6.07) is 0.0854. The number of aryl methyl sites for hydroxylation is 1. The summed E-state index contributed by atoms with van der Waals surface area (Å²) in [6.07, 6.45) is 6.21. The van der Waals surface area contributed by atoms with Gasteiger partial charge in [-0.05, 0) is 6.42 Å². The number of hydrogen-bond acceptors (Lipinski definition) is 5. The Balaban J connectivity index is 2.05. The van der Waals surface area contributed by atoms with Gasteiger partial charge in [-0.2, -0.15) is 10.1 Å². The smallest absolute Gasteiger partial charge is 0.228 e. The standard InChI is InChI=1S/C11H17N5O/c1-3-4-9(12)5-10-14-11(15-17-10)8-6-13-16(2)7-8/h6-7,9H,3-5,12H2,1-2H3. The number of rotatable bonds is 5. The molecule has 2 rings (SSSR count). The average molecular weight is 235 g/mol. The summed E-state index contributed by atoms with van der Waals surface area (Å²) in [6.45, 7) is 2.11. The van der Waals surface area contributed by atoms with Gasteiger partial charge in [-0.25, -0.2) is 0 Å². The molecule has 92 valence electrons. The lowest BCUT2D eigenvalue weighted by Crippen LogP contribution is -2.22. The molecule has 1 atom stereocenters. The summed E-state index contributed by atoms with van der Waals surface area (Å²) in [5.74, 6) is 1.15. The van der Waals surface area contributed by atoms with E-state index in [1.54, 1.807) is 10.9 Å². The fourth-order valence-electron chi connectivity index (χ4n) is 1.69. The summed E-state index contributed by atoms with van der Waals surface area (Å²) in [4.78, 5) is 4.30. The Morgan fingerprint density at radius 1 is 1.53 bits per heavy atom. The van der Waals surface area contributed by atoms with Crippen molar-refractivity contribution in [3.8, 4) is 11.4 Å². The summed E-state index contributed by atoms with van der Waals surface area (Å²) >= 11 is 0. The number of nitrogens with zero attached hydrogens (tertiary/aromatic N) is 4. The molecule has 2 aromatic rings. The third-order valence-electron chi connectivity index (χ3n) is 2.53. The van der Waals surface area contributed by atoms with E-state index in [9.17, 15) is 0 Å². The largest absolute Gasteiger partial charge is 0.339 e. The average Bonchev–Trinajstić information content (AvgIpc) is 2.87. The molecule has 0 amide bonds. The molecule has 0 aliphatic rings. The first-order chi connectivity index (χ1) is 8.19. The molecular weight excluding hydrogens is 218 g/mol. The van der Waals surface area contributed by atoms with E-state index in [1.165, 1.54) is 0 Å². The van der Waals surface area contributed by atoms with Crippen LogP contribution in [0.5, 0.6) is 0 Å². The molecule has 6 heteroatoms. The van der Waals surface area contributed by atoms with Crippen LogP contribution in [0.15, 0.2) is 16.9 Å². The Hall–Kier alpha value is -1.69. The summed E-state index contributed by atoms with van der Waals surface area (Å²) in [5.41, 5.74) is 6.78. The summed E-state index contributed by atoms with van der Waals surface area (Å²) in [5, 5.41) is 7.98. The van der Waals surface area contributed by atoms with Crippen LogP contribution in [0.2, 0.25) is 0 Å². The van der Waals surface area contributed by atoms with E-state index < -0.39 is 0 Å². The molecular formula is C11H17N5O. The van der Waals surface area contributed by atoms with Crippen molar-refractivity contribution in [2.45, 2.75) is 32.2 Å². The third-order valence-corrected chi connectivity index (χ3v) is 2.53. The van der Waals surface area contributed by atoms with E-state index in [0.29, 0.717) is 18.1 Å². The maximum absolute atomic E-state index is 5.92. The molecule has 0 saturated heterocycles. The quantitative estimate of drug-likeness (QED) is 0.840. The normalized spacial score (nSPS) is 12.9. The van der Waals surface area contributed by atoms with Crippen LogP contribution >= 0.6 is 0 Å². The van der Waals surface area contributed by atoms with E-state index in [-0.39, 0.29) is 6.04 Å². The van der Waals surface area contributed by atoms with Crippen molar-refractivity contribution in [2.75, 3.05) is 0 Å². The van der Waals surface area contributed by atoms with Gasteiger partial charge in [0.15, 0.2) is 0 Å². The van der Waals surface area contributed by atoms with Gasteiger partial charge < -0.3 is 10.3 Å². The van der Waals surface area contributed by atoms with Gasteiger partial charge >= 0.3 is 0 Å². The highest BCUT2D eigenvalue weighted by Crippen LogP contribution is 2.15. The highest BCUT2D eigenvalue weighted by atomic mass is 16.5. The SMILES string of the molecule is CCCC(N)Cc1nc(-c2cnn(C)c2)no1. The van der Waals surface area contributed by atoms with Gasteiger partial charge in [-0.15, -0.1) is 0 Å². The Labute approximate surface area is 99.8 Å². The topological polar surface area (TPSA) is 82.8 Å². The molecule has 0 fully saturated rings. The fourth-order valence-corrected chi connectivity index (χ4v) is 1.69. The minimum atomic E-state index is 0.0854. The molecule has 2 N–H and O–H groups in total. The molecule has 0 aromatic carbocycles. The lowest BCUT2D eigenvalue weighted by molar-refractivity contribution is 0.366. The molecule has 0 radical (unpaired) electrons. The molecule has 2 aromatic heterocycles. The van der Waals surface area contributed by atoms with Crippen LogP contribution in [0.1, 0.15) is 25.7 Å². The first-order valence-electron chi connectivity index (χ1n) is 5.76. The van der Waals surface area contributed by atoms with Crippen LogP contribution in [-0.2, 0) is 13.5 Å². The van der Waals surface area contributed by atoms with Gasteiger partial charge in [-0.1, -0.05) is 18.5 Å². The molecule has 0 aliphatic carbocycles. The second-order valence-corrected chi connectivity index (χ2v) is 4.17. The zero-order valence-electron chi connectivity index (χ0n) is 10.1. The summed E-state index contributed by atoms with van der Waals surface area (Å²) < 4.78 is 6.87. The Morgan fingerprint density at radius 3 is 3.00 bits per heavy atom. The van der Waals surface area contributed by atoms with Gasteiger partial charge in [0.25, 0.3) is 0 Å². The molecule has 0 saturated carbocycles. The van der Waals surface area contributed by atoms with Crippen LogP contribution < -0.4 is 5.73 Å². The van der Waals surface area contributed by atoms with E-state index in [4.69, 9.17) is 10.3 Å². The fraction of sp³-hybridized carbons (Fsp3) is 0.545. The van der Waals surface area contributed by atoms with Crippen molar-refractivity contribution in [3.05, 3.63) is 18.3 Å². The zero-order chi connectivity index (χ0) is 12.3. The second-order valence-electron chi connectivity index (χ2n) is 4.17. The van der Waals surface area contributed by atoms with Crippen molar-refractivity contribution in [3.63, 3.8) is 0 Å². The Bertz CT molecular complexity index is 476. The molecule has 2 heterocycles. The van der Waals surface area contributed by atoms with Crippen LogP contribution in [0.4, 0.5) is 0 Å². The van der Waals surface area contributed by atoms with E-state index in [1.807, 2.05) is 13.2 Å². The second kappa shape index (κ2) is 5.09. The molecule has 0 aliphatic heterocycles. The lowest BCUT2D eigenvalue weighted by atomic mass is 10.1. The molecule has 0 spiro atoms. The van der Waals surface area contributed by atoms with Gasteiger partial charge in [-0.3, -0.25) is 4.68 Å². The van der Waals surface area contributed by atoms with Crippen LogP contribution in [0.3, 0.4) is 0 Å². The van der Waals surface area contributed by atoms with Crippen molar-refractivity contribution >= 4 is 0 Å².